The van der Waals surface area contributed by atoms with Crippen LogP contribution in [0.5, 0.6) is 5.75 Å². The van der Waals surface area contributed by atoms with Crippen molar-refractivity contribution in [3.63, 3.8) is 0 Å². The Bertz CT molecular complexity index is 1560. The maximum Gasteiger partial charge on any atom is 0.320 e. The number of benzene rings is 3. The van der Waals surface area contributed by atoms with E-state index in [0.29, 0.717) is 17.0 Å². The second kappa shape index (κ2) is 17.0. The Labute approximate surface area is 281 Å². The Morgan fingerprint density at radius 1 is 0.896 bits per heavy atom. The molecule has 0 aliphatic carbocycles. The molecule has 1 unspecified atom stereocenters. The number of hydrogen-bond donors (Lipinski definition) is 5. The van der Waals surface area contributed by atoms with Gasteiger partial charge in [-0.2, -0.15) is 0 Å². The monoisotopic (exact) mass is 684 g/mol. The molecular weight excluding hydrogens is 646 g/mol. The molecule has 11 nitrogen and oxygen atoms in total. The molecule has 0 radical (unpaired) electrons. The number of aliphatic carboxylic acids is 1. The van der Waals surface area contributed by atoms with Crippen molar-refractivity contribution >= 4 is 41.1 Å². The largest absolute Gasteiger partial charge is 0.484 e. The topological polar surface area (TPSA) is 157 Å². The number of aliphatic hydroxyl groups excluding tert-OH is 1. The van der Waals surface area contributed by atoms with Gasteiger partial charge in [0, 0.05) is 24.5 Å². The smallest absolute Gasteiger partial charge is 0.320 e. The number of carboxylic acids is 1. The highest BCUT2D eigenvalue weighted by Crippen LogP contribution is 2.46. The van der Waals surface area contributed by atoms with Gasteiger partial charge in [0.15, 0.2) is 6.61 Å². The van der Waals surface area contributed by atoms with Crippen LogP contribution in [-0.2, 0) is 19.2 Å². The van der Waals surface area contributed by atoms with Crippen LogP contribution in [0.25, 0.3) is 0 Å². The van der Waals surface area contributed by atoms with Crippen molar-refractivity contribution in [2.45, 2.75) is 37.3 Å². The van der Waals surface area contributed by atoms with Gasteiger partial charge in [0.2, 0.25) is 11.8 Å². The van der Waals surface area contributed by atoms with E-state index in [-0.39, 0.29) is 43.8 Å². The average molecular weight is 685 g/mol. The number of carbonyl (C=O) groups excluding carboxylic acids is 3. The molecule has 1 fully saturated rings. The summed E-state index contributed by atoms with van der Waals surface area (Å²) in [7, 11) is 0. The Morgan fingerprint density at radius 2 is 1.52 bits per heavy atom. The van der Waals surface area contributed by atoms with Crippen LogP contribution in [0, 0.1) is 17.6 Å². The molecule has 0 aromatic heterocycles. The quantitative estimate of drug-likeness (QED) is 0.106. The molecule has 1 saturated heterocycles. The molecule has 256 valence electrons. The minimum absolute atomic E-state index is 0.122. The summed E-state index contributed by atoms with van der Waals surface area (Å²) in [5, 5.41) is 27.2. The van der Waals surface area contributed by atoms with Crippen LogP contribution in [0.1, 0.15) is 37.1 Å². The van der Waals surface area contributed by atoms with Crippen molar-refractivity contribution in [2.75, 3.05) is 36.9 Å². The van der Waals surface area contributed by atoms with Gasteiger partial charge in [-0.25, -0.2) is 8.78 Å². The number of hydrogen-bond acceptors (Lipinski definition) is 8. The summed E-state index contributed by atoms with van der Waals surface area (Å²) in [6.45, 7) is 3.36. The Balaban J connectivity index is 1.29. The fourth-order valence-electron chi connectivity index (χ4n) is 5.05. The molecule has 48 heavy (non-hydrogen) atoms. The van der Waals surface area contributed by atoms with Crippen LogP contribution in [0.2, 0.25) is 0 Å². The molecule has 3 amide bonds. The molecule has 14 heteroatoms. The molecule has 0 spiro atoms. The zero-order valence-electron chi connectivity index (χ0n) is 26.4. The molecule has 1 aliphatic rings. The first kappa shape index (κ1) is 36.3. The van der Waals surface area contributed by atoms with E-state index in [4.69, 9.17) is 4.74 Å². The normalized spacial score (nSPS) is 17.0. The Kier molecular flexibility index (Phi) is 12.9. The zero-order valence-corrected chi connectivity index (χ0v) is 27.2. The lowest BCUT2D eigenvalue weighted by Crippen LogP contribution is -2.57. The summed E-state index contributed by atoms with van der Waals surface area (Å²) in [4.78, 5) is 50.4. The second-order valence-electron chi connectivity index (χ2n) is 11.4. The number of nitrogens with one attached hydrogen (secondary N) is 3. The summed E-state index contributed by atoms with van der Waals surface area (Å²) in [5.74, 6) is -2.56. The van der Waals surface area contributed by atoms with Gasteiger partial charge in [0.1, 0.15) is 28.7 Å². The van der Waals surface area contributed by atoms with Gasteiger partial charge < -0.3 is 35.8 Å². The number of nitrogens with zero attached hydrogens (tertiary/aromatic N) is 1. The highest BCUT2D eigenvalue weighted by atomic mass is 32.2. The first-order chi connectivity index (χ1) is 22.9. The van der Waals surface area contributed by atoms with E-state index in [0.717, 1.165) is 5.56 Å². The number of aliphatic hydroxyl groups is 1. The van der Waals surface area contributed by atoms with Crippen molar-refractivity contribution in [3.05, 3.63) is 95.6 Å². The van der Waals surface area contributed by atoms with Crippen LogP contribution in [-0.4, -0.2) is 77.2 Å². The highest BCUT2D eigenvalue weighted by Gasteiger charge is 2.49. The van der Waals surface area contributed by atoms with Gasteiger partial charge >= 0.3 is 5.97 Å². The molecule has 4 rings (SSSR count). The summed E-state index contributed by atoms with van der Waals surface area (Å²) >= 11 is 1.27. The van der Waals surface area contributed by atoms with E-state index in [1.54, 1.807) is 43.0 Å². The van der Waals surface area contributed by atoms with Gasteiger partial charge in [0.05, 0.1) is 18.7 Å². The van der Waals surface area contributed by atoms with Crippen LogP contribution in [0.4, 0.5) is 14.5 Å². The molecule has 4 atom stereocenters. The second-order valence-corrected chi connectivity index (χ2v) is 12.6. The van der Waals surface area contributed by atoms with E-state index in [1.807, 2.05) is 0 Å². The maximum atomic E-state index is 13.6. The Hall–Kier alpha value is -4.53. The molecule has 0 bridgehead atoms. The van der Waals surface area contributed by atoms with E-state index in [1.165, 1.54) is 60.3 Å². The van der Waals surface area contributed by atoms with Crippen LogP contribution in [0.3, 0.4) is 0 Å². The van der Waals surface area contributed by atoms with E-state index < -0.39 is 52.9 Å². The standard InChI is InChI=1S/C34H38F2N4O7S/c1-20(2)30(34(45)46)38-16-15-37-28(42)17-39-29(43)18-47-26-13-5-22(6-14-26)31-32(33(44)40(31)25-11-9-24(36)10-12-25)48-19-27(41)21-3-7-23(35)8-4-21/h3-14,20,27,30-32,38,41H,15-19H2,1-2H3,(H,37,42)(H,39,43)(H,45,46)/t27?,30-,31-,32+/m1/s1. The summed E-state index contributed by atoms with van der Waals surface area (Å²) in [5.41, 5.74) is 1.79. The fraction of sp³-hybridized carbons (Fsp3) is 0.353. The summed E-state index contributed by atoms with van der Waals surface area (Å²) < 4.78 is 32.5. The number of amides is 3. The average Bonchev–Trinajstić information content (AvgIpc) is 3.06. The summed E-state index contributed by atoms with van der Waals surface area (Å²) in [6.07, 6.45) is -0.921. The Morgan fingerprint density at radius 3 is 2.12 bits per heavy atom. The number of rotatable bonds is 17. The van der Waals surface area contributed by atoms with Crippen molar-refractivity contribution < 1.29 is 42.9 Å². The van der Waals surface area contributed by atoms with Crippen molar-refractivity contribution in [2.24, 2.45) is 5.92 Å². The molecule has 1 heterocycles. The van der Waals surface area contributed by atoms with Gasteiger partial charge in [-0.05, 0) is 65.6 Å². The number of thioether (sulfide) groups is 1. The number of ether oxygens (including phenoxy) is 1. The van der Waals surface area contributed by atoms with E-state index in [2.05, 4.69) is 16.0 Å². The fourth-order valence-corrected chi connectivity index (χ4v) is 6.35. The van der Waals surface area contributed by atoms with Gasteiger partial charge in [-0.3, -0.25) is 19.2 Å². The van der Waals surface area contributed by atoms with E-state index >= 15 is 0 Å². The van der Waals surface area contributed by atoms with Crippen molar-refractivity contribution in [1.82, 2.24) is 16.0 Å². The number of halogens is 2. The van der Waals surface area contributed by atoms with Crippen molar-refractivity contribution in [3.8, 4) is 5.75 Å². The third-order valence-electron chi connectivity index (χ3n) is 7.62. The number of carbonyl (C=O) groups is 4. The minimum atomic E-state index is -0.970. The lowest BCUT2D eigenvalue weighted by molar-refractivity contribution is -0.140. The maximum absolute atomic E-state index is 13.6. The predicted octanol–water partition coefficient (Wildman–Crippen LogP) is 3.20. The third-order valence-corrected chi connectivity index (χ3v) is 8.95. The van der Waals surface area contributed by atoms with Crippen LogP contribution in [0.15, 0.2) is 72.8 Å². The lowest BCUT2D eigenvalue weighted by Gasteiger charge is -2.47. The van der Waals surface area contributed by atoms with Gasteiger partial charge in [-0.1, -0.05) is 38.1 Å². The van der Waals surface area contributed by atoms with E-state index in [9.17, 15) is 38.2 Å². The molecule has 3 aromatic rings. The van der Waals surface area contributed by atoms with Gasteiger partial charge in [-0.15, -0.1) is 11.8 Å². The highest BCUT2D eigenvalue weighted by molar-refractivity contribution is 8.00. The SMILES string of the molecule is CC(C)[C@@H](NCCNC(=O)CNC(=O)COc1ccc([C@@H]2[C@H](SCC(O)c3ccc(F)cc3)C(=O)N2c2ccc(F)cc2)cc1)C(=O)O. The summed E-state index contributed by atoms with van der Waals surface area (Å²) in [6, 6.07) is 16.7. The van der Waals surface area contributed by atoms with Crippen LogP contribution >= 0.6 is 11.8 Å². The number of β-lactam (4-membered cyclic amide) rings is 1. The lowest BCUT2D eigenvalue weighted by atomic mass is 9.92. The molecule has 3 aromatic carbocycles. The molecule has 0 saturated carbocycles. The van der Waals surface area contributed by atoms with Crippen molar-refractivity contribution in [1.29, 1.82) is 0 Å². The minimum Gasteiger partial charge on any atom is -0.484 e. The first-order valence-electron chi connectivity index (χ1n) is 15.3. The molecule has 1 aliphatic heterocycles. The molecular formula is C34H38F2N4O7S. The first-order valence-corrected chi connectivity index (χ1v) is 16.4. The number of anilines is 1. The van der Waals surface area contributed by atoms with Crippen LogP contribution < -0.4 is 25.6 Å². The molecule has 5 N–H and O–H groups in total. The predicted molar refractivity (Wildman–Crippen MR) is 176 cm³/mol. The third kappa shape index (κ3) is 9.75. The zero-order chi connectivity index (χ0) is 34.8. The van der Waals surface area contributed by atoms with Gasteiger partial charge in [0.25, 0.3) is 5.91 Å². The number of carboxylic acid groups (broad SMARTS) is 1.